The maximum atomic E-state index is 13.5. The summed E-state index contributed by atoms with van der Waals surface area (Å²) in [6, 6.07) is 2.92. The number of hydrogen-bond donors (Lipinski definition) is 1. The van der Waals surface area contributed by atoms with E-state index in [2.05, 4.69) is 4.98 Å². The van der Waals surface area contributed by atoms with Crippen LogP contribution >= 0.6 is 22.9 Å². The fourth-order valence-electron chi connectivity index (χ4n) is 2.49. The van der Waals surface area contributed by atoms with Gasteiger partial charge in [-0.25, -0.2) is 14.2 Å². The largest absolute Gasteiger partial charge is 0.476 e. The van der Waals surface area contributed by atoms with Crippen LogP contribution in [-0.2, 0) is 0 Å². The molecule has 4 rings (SSSR count). The second-order valence-electron chi connectivity index (χ2n) is 4.85. The molecule has 1 aliphatic carbocycles. The van der Waals surface area contributed by atoms with E-state index in [9.17, 15) is 14.3 Å². The lowest BCUT2D eigenvalue weighted by Gasteiger charge is -2.01. The number of carbonyl (C=O) groups is 1. The summed E-state index contributed by atoms with van der Waals surface area (Å²) in [4.78, 5) is 16.1. The molecule has 4 nitrogen and oxygen atoms in total. The molecule has 0 radical (unpaired) electrons. The molecule has 7 heteroatoms. The van der Waals surface area contributed by atoms with Crippen LogP contribution in [0.25, 0.3) is 15.2 Å². The van der Waals surface area contributed by atoms with E-state index in [1.54, 1.807) is 6.07 Å². The highest BCUT2D eigenvalue weighted by Gasteiger charge is 2.34. The van der Waals surface area contributed by atoms with Crippen molar-refractivity contribution in [2.24, 2.45) is 0 Å². The summed E-state index contributed by atoms with van der Waals surface area (Å²) in [5.41, 5.74) is 1.53. The van der Waals surface area contributed by atoms with Gasteiger partial charge in [0.2, 0.25) is 0 Å². The Balaban J connectivity index is 2.16. The Bertz CT molecular complexity index is 882. The minimum Gasteiger partial charge on any atom is -0.476 e. The zero-order valence-electron chi connectivity index (χ0n) is 10.1. The number of carboxylic acid groups (broad SMARTS) is 1. The monoisotopic (exact) mass is 310 g/mol. The highest BCUT2D eigenvalue weighted by Crippen LogP contribution is 2.45. The number of fused-ring (bicyclic) bond motifs is 3. The normalized spacial score (nSPS) is 15.3. The van der Waals surface area contributed by atoms with Crippen LogP contribution in [0.3, 0.4) is 0 Å². The van der Waals surface area contributed by atoms with E-state index in [0.717, 1.165) is 18.4 Å². The fourth-order valence-corrected chi connectivity index (χ4v) is 3.82. The lowest BCUT2D eigenvalue weighted by Crippen LogP contribution is -2.02. The molecule has 1 N–H and O–H groups in total. The van der Waals surface area contributed by atoms with Crippen molar-refractivity contribution in [1.29, 1.82) is 0 Å². The number of halogens is 2. The van der Waals surface area contributed by atoms with Crippen LogP contribution in [0.4, 0.5) is 4.39 Å². The van der Waals surface area contributed by atoms with Gasteiger partial charge >= 0.3 is 5.97 Å². The number of carboxylic acids is 1. The highest BCUT2D eigenvalue weighted by atomic mass is 35.5. The minimum atomic E-state index is -1.02. The fraction of sp³-hybridized carbons (Fsp3) is 0.231. The number of nitrogens with zero attached hydrogens (tertiary/aromatic N) is 2. The predicted molar refractivity (Wildman–Crippen MR) is 74.5 cm³/mol. The van der Waals surface area contributed by atoms with Gasteiger partial charge in [-0.15, -0.1) is 0 Å². The molecule has 0 saturated heterocycles. The second kappa shape index (κ2) is 3.93. The summed E-state index contributed by atoms with van der Waals surface area (Å²) in [5, 5.41) is 9.34. The van der Waals surface area contributed by atoms with Crippen molar-refractivity contribution in [2.75, 3.05) is 0 Å². The third-order valence-corrected chi connectivity index (χ3v) is 5.07. The first-order valence-electron chi connectivity index (χ1n) is 6.10. The Hall–Kier alpha value is -1.66. The van der Waals surface area contributed by atoms with E-state index in [1.807, 2.05) is 4.40 Å². The van der Waals surface area contributed by atoms with Gasteiger partial charge in [-0.05, 0) is 25.0 Å². The van der Waals surface area contributed by atoms with Crippen molar-refractivity contribution in [2.45, 2.75) is 18.8 Å². The molecule has 1 saturated carbocycles. The maximum Gasteiger partial charge on any atom is 0.356 e. The standard InChI is InChI=1S/C13H8ClFN2O2S/c14-8-6(15)3-4-7-11(8)20-13-16-9(12(18)19)10(17(7)13)5-1-2-5/h3-5H,1-2H2,(H,18,19). The Morgan fingerprint density at radius 3 is 2.90 bits per heavy atom. The number of aromatic nitrogens is 2. The Morgan fingerprint density at radius 1 is 1.50 bits per heavy atom. The highest BCUT2D eigenvalue weighted by molar-refractivity contribution is 7.24. The van der Waals surface area contributed by atoms with Gasteiger partial charge in [0.15, 0.2) is 10.7 Å². The van der Waals surface area contributed by atoms with Gasteiger partial charge in [0.05, 0.1) is 20.9 Å². The summed E-state index contributed by atoms with van der Waals surface area (Å²) < 4.78 is 15.9. The lowest BCUT2D eigenvalue weighted by atomic mass is 10.2. The minimum absolute atomic E-state index is 0.0663. The summed E-state index contributed by atoms with van der Waals surface area (Å²) >= 11 is 7.20. The van der Waals surface area contributed by atoms with Gasteiger partial charge < -0.3 is 5.11 Å². The van der Waals surface area contributed by atoms with Gasteiger partial charge in [0.1, 0.15) is 5.82 Å². The predicted octanol–water partition coefficient (Wildman–Crippen LogP) is 3.92. The summed E-state index contributed by atoms with van der Waals surface area (Å²) in [6.45, 7) is 0. The Labute approximate surface area is 121 Å². The van der Waals surface area contributed by atoms with Crippen LogP contribution in [0.5, 0.6) is 0 Å². The van der Waals surface area contributed by atoms with Crippen molar-refractivity contribution in [3.63, 3.8) is 0 Å². The van der Waals surface area contributed by atoms with Crippen LogP contribution < -0.4 is 0 Å². The van der Waals surface area contributed by atoms with E-state index in [-0.39, 0.29) is 16.6 Å². The van der Waals surface area contributed by atoms with E-state index in [4.69, 9.17) is 11.6 Å². The van der Waals surface area contributed by atoms with E-state index < -0.39 is 11.8 Å². The van der Waals surface area contributed by atoms with Crippen LogP contribution in [-0.4, -0.2) is 20.5 Å². The summed E-state index contributed by atoms with van der Waals surface area (Å²) in [6.07, 6.45) is 1.92. The number of hydrogen-bond acceptors (Lipinski definition) is 3. The molecule has 1 aliphatic rings. The molecule has 1 aromatic carbocycles. The van der Waals surface area contributed by atoms with E-state index in [0.29, 0.717) is 15.4 Å². The molecule has 0 amide bonds. The van der Waals surface area contributed by atoms with Gasteiger partial charge in [0, 0.05) is 5.92 Å². The summed E-state index contributed by atoms with van der Waals surface area (Å²) in [5.74, 6) is -1.28. The Kier molecular flexibility index (Phi) is 2.38. The van der Waals surface area contributed by atoms with Crippen LogP contribution in [0.1, 0.15) is 34.9 Å². The zero-order chi connectivity index (χ0) is 14.0. The SMILES string of the molecule is O=C(O)c1nc2sc3c(Cl)c(F)ccc3n2c1C1CC1. The third-order valence-electron chi connectivity index (χ3n) is 3.51. The van der Waals surface area contributed by atoms with Crippen molar-refractivity contribution in [1.82, 2.24) is 9.38 Å². The summed E-state index contributed by atoms with van der Waals surface area (Å²) in [7, 11) is 0. The van der Waals surface area contributed by atoms with E-state index in [1.165, 1.54) is 17.4 Å². The average Bonchev–Trinajstić information content (AvgIpc) is 3.07. The molecular weight excluding hydrogens is 303 g/mol. The third kappa shape index (κ3) is 1.52. The van der Waals surface area contributed by atoms with Crippen molar-refractivity contribution in [3.8, 4) is 0 Å². The molecule has 20 heavy (non-hydrogen) atoms. The number of benzene rings is 1. The lowest BCUT2D eigenvalue weighted by molar-refractivity contribution is 0.0690. The first kappa shape index (κ1) is 12.1. The van der Waals surface area contributed by atoms with Crippen molar-refractivity contribution >= 4 is 44.1 Å². The quantitative estimate of drug-likeness (QED) is 0.780. The molecule has 0 atom stereocenters. The molecule has 102 valence electrons. The van der Waals surface area contributed by atoms with E-state index >= 15 is 0 Å². The number of imidazole rings is 1. The zero-order valence-corrected chi connectivity index (χ0v) is 11.6. The van der Waals surface area contributed by atoms with Crippen LogP contribution in [0.2, 0.25) is 5.02 Å². The van der Waals surface area contributed by atoms with Crippen molar-refractivity contribution < 1.29 is 14.3 Å². The molecule has 1 fully saturated rings. The average molecular weight is 311 g/mol. The van der Waals surface area contributed by atoms with Gasteiger partial charge in [0.25, 0.3) is 0 Å². The van der Waals surface area contributed by atoms with Crippen LogP contribution in [0.15, 0.2) is 12.1 Å². The van der Waals surface area contributed by atoms with Gasteiger partial charge in [-0.1, -0.05) is 22.9 Å². The number of aromatic carboxylic acids is 1. The molecule has 3 aromatic rings. The topological polar surface area (TPSA) is 54.6 Å². The van der Waals surface area contributed by atoms with Gasteiger partial charge in [-0.3, -0.25) is 4.40 Å². The number of rotatable bonds is 2. The second-order valence-corrected chi connectivity index (χ2v) is 6.21. The molecule has 0 aliphatic heterocycles. The van der Waals surface area contributed by atoms with Crippen LogP contribution in [0, 0.1) is 5.82 Å². The van der Waals surface area contributed by atoms with Crippen molar-refractivity contribution in [3.05, 3.63) is 34.4 Å². The molecule has 0 unspecified atom stereocenters. The number of thiazole rings is 1. The smallest absolute Gasteiger partial charge is 0.356 e. The molecule has 2 aromatic heterocycles. The molecule has 0 bridgehead atoms. The molecule has 2 heterocycles. The first-order chi connectivity index (χ1) is 9.58. The maximum absolute atomic E-state index is 13.5. The molecule has 0 spiro atoms. The first-order valence-corrected chi connectivity index (χ1v) is 7.29. The Morgan fingerprint density at radius 2 is 2.25 bits per heavy atom. The molecular formula is C13H8ClFN2O2S. The van der Waals surface area contributed by atoms with Gasteiger partial charge in [-0.2, -0.15) is 0 Å².